The third-order valence-electron chi connectivity index (χ3n) is 7.40. The quantitative estimate of drug-likeness (QED) is 0.229. The summed E-state index contributed by atoms with van der Waals surface area (Å²) in [4.78, 5) is 9.92. The maximum Gasteiger partial charge on any atom is 0.201 e. The van der Waals surface area contributed by atoms with Crippen molar-refractivity contribution < 1.29 is 4.42 Å². The van der Waals surface area contributed by atoms with E-state index in [9.17, 15) is 0 Å². The molecular weight excluding hydrogens is 486 g/mol. The molecule has 7 aromatic rings. The van der Waals surface area contributed by atoms with Crippen LogP contribution in [0.5, 0.6) is 0 Å². The van der Waals surface area contributed by atoms with Gasteiger partial charge in [-0.2, -0.15) is 0 Å². The van der Waals surface area contributed by atoms with Gasteiger partial charge in [-0.3, -0.25) is 4.57 Å². The van der Waals surface area contributed by atoms with E-state index in [2.05, 4.69) is 92.9 Å². The maximum absolute atomic E-state index is 6.13. The number of para-hydroxylation sites is 2. The average Bonchev–Trinajstić information content (AvgIpc) is 3.61. The second kappa shape index (κ2) is 8.53. The van der Waals surface area contributed by atoms with E-state index in [1.54, 1.807) is 0 Å². The summed E-state index contributed by atoms with van der Waals surface area (Å²) in [5, 5.41) is 2.64. The van der Waals surface area contributed by atoms with Crippen molar-refractivity contribution in [3.8, 4) is 5.69 Å². The van der Waals surface area contributed by atoms with E-state index < -0.39 is 0 Å². The largest absolute Gasteiger partial charge is 0.440 e. The monoisotopic (exact) mass is 515 g/mol. The predicted octanol–water partition coefficient (Wildman–Crippen LogP) is 9.18. The van der Waals surface area contributed by atoms with Crippen molar-refractivity contribution in [2.24, 2.45) is 0 Å². The van der Waals surface area contributed by atoms with Crippen LogP contribution in [0.2, 0.25) is 0 Å². The van der Waals surface area contributed by atoms with Crippen LogP contribution in [0.25, 0.3) is 48.0 Å². The van der Waals surface area contributed by atoms with Crippen molar-refractivity contribution in [3.05, 3.63) is 102 Å². The van der Waals surface area contributed by atoms with Gasteiger partial charge in [0.2, 0.25) is 5.89 Å². The first-order chi connectivity index (χ1) is 18.4. The van der Waals surface area contributed by atoms with Crippen LogP contribution < -0.4 is 0 Å². The molecule has 38 heavy (non-hydrogen) atoms. The number of nitrogens with zero attached hydrogens (tertiary/aromatic N) is 3. The lowest BCUT2D eigenvalue weighted by molar-refractivity contribution is 0.381. The number of hydrogen-bond donors (Lipinski definition) is 0. The Kier molecular flexibility index (Phi) is 5.21. The van der Waals surface area contributed by atoms with E-state index in [-0.39, 0.29) is 5.41 Å². The smallest absolute Gasteiger partial charge is 0.201 e. The molecule has 0 atom stereocenters. The van der Waals surface area contributed by atoms with Crippen LogP contribution in [0.4, 0.5) is 0 Å². The highest BCUT2D eigenvalue weighted by molar-refractivity contribution is 7.25. The lowest BCUT2D eigenvalue weighted by atomic mass is 9.85. The number of thiophene rings is 1. The Morgan fingerprint density at radius 3 is 2.45 bits per heavy atom. The molecule has 0 aliphatic heterocycles. The molecule has 0 radical (unpaired) electrons. The second-order valence-electron chi connectivity index (χ2n) is 11.1. The van der Waals surface area contributed by atoms with Crippen molar-refractivity contribution >= 4 is 53.6 Å². The third-order valence-corrected chi connectivity index (χ3v) is 8.53. The van der Waals surface area contributed by atoms with Gasteiger partial charge in [-0.15, -0.1) is 11.3 Å². The predicted molar refractivity (Wildman–Crippen MR) is 159 cm³/mol. The van der Waals surface area contributed by atoms with Gasteiger partial charge in [0, 0.05) is 37.2 Å². The number of oxazole rings is 1. The number of imidazole rings is 1. The van der Waals surface area contributed by atoms with Crippen LogP contribution in [0.1, 0.15) is 50.9 Å². The highest BCUT2D eigenvalue weighted by Gasteiger charge is 2.28. The van der Waals surface area contributed by atoms with Gasteiger partial charge in [0.05, 0.1) is 11.0 Å². The molecule has 5 heteroatoms. The second-order valence-corrected chi connectivity index (χ2v) is 12.2. The fourth-order valence-electron chi connectivity index (χ4n) is 5.51. The summed E-state index contributed by atoms with van der Waals surface area (Å²) in [6.45, 7) is 8.82. The lowest BCUT2D eigenvalue weighted by Crippen LogP contribution is -2.21. The van der Waals surface area contributed by atoms with Crippen LogP contribution in [-0.4, -0.2) is 14.5 Å². The molecule has 0 aliphatic carbocycles. The SMILES string of the molecule is CC(C)c1nc2cc(CC(C)(C)c3nc4ccccc4o3)ccc2n1-c1ccc2c(c1)sc1ccccc12. The summed E-state index contributed by atoms with van der Waals surface area (Å²) < 4.78 is 11.1. The molecule has 188 valence electrons. The minimum atomic E-state index is -0.248. The van der Waals surface area contributed by atoms with Crippen LogP contribution in [0.3, 0.4) is 0 Å². The van der Waals surface area contributed by atoms with Crippen molar-refractivity contribution in [2.45, 2.75) is 45.4 Å². The first-order valence-electron chi connectivity index (χ1n) is 13.2. The maximum atomic E-state index is 6.13. The fraction of sp³-hybridized carbons (Fsp3) is 0.212. The molecule has 0 saturated carbocycles. The van der Waals surface area contributed by atoms with E-state index in [0.717, 1.165) is 46.0 Å². The number of fused-ring (bicyclic) bond motifs is 5. The molecule has 0 fully saturated rings. The van der Waals surface area contributed by atoms with Gasteiger partial charge in [0.25, 0.3) is 0 Å². The molecule has 0 unspecified atom stereocenters. The van der Waals surface area contributed by atoms with E-state index in [1.807, 2.05) is 35.6 Å². The van der Waals surface area contributed by atoms with Crippen molar-refractivity contribution in [1.82, 2.24) is 14.5 Å². The average molecular weight is 516 g/mol. The van der Waals surface area contributed by atoms with Crippen LogP contribution in [0, 0.1) is 0 Å². The van der Waals surface area contributed by atoms with E-state index >= 15 is 0 Å². The van der Waals surface area contributed by atoms with Crippen molar-refractivity contribution in [2.75, 3.05) is 0 Å². The molecule has 3 aromatic heterocycles. The summed E-state index contributed by atoms with van der Waals surface area (Å²) in [6.07, 6.45) is 0.813. The van der Waals surface area contributed by atoms with Crippen molar-refractivity contribution in [3.63, 3.8) is 0 Å². The molecule has 7 rings (SSSR count). The summed E-state index contributed by atoms with van der Waals surface area (Å²) in [6, 6.07) is 30.1. The van der Waals surface area contributed by atoms with Crippen molar-refractivity contribution in [1.29, 1.82) is 0 Å². The van der Waals surface area contributed by atoms with Gasteiger partial charge >= 0.3 is 0 Å². The van der Waals surface area contributed by atoms with Gasteiger partial charge in [0.15, 0.2) is 5.58 Å². The molecular formula is C33H29N3OS. The molecule has 3 heterocycles. The highest BCUT2D eigenvalue weighted by atomic mass is 32.1. The summed E-state index contributed by atoms with van der Waals surface area (Å²) in [5.74, 6) is 2.14. The molecule has 0 saturated heterocycles. The number of hydrogen-bond acceptors (Lipinski definition) is 4. The lowest BCUT2D eigenvalue weighted by Gasteiger charge is -2.20. The third kappa shape index (κ3) is 3.72. The van der Waals surface area contributed by atoms with Gasteiger partial charge in [0.1, 0.15) is 11.3 Å². The Labute approximate surface area is 225 Å². The zero-order valence-corrected chi connectivity index (χ0v) is 22.8. The van der Waals surface area contributed by atoms with E-state index in [4.69, 9.17) is 14.4 Å². The van der Waals surface area contributed by atoms with Crippen LogP contribution in [-0.2, 0) is 11.8 Å². The summed E-state index contributed by atoms with van der Waals surface area (Å²) >= 11 is 1.85. The van der Waals surface area contributed by atoms with Crippen LogP contribution >= 0.6 is 11.3 Å². The molecule has 4 nitrogen and oxygen atoms in total. The van der Waals surface area contributed by atoms with Gasteiger partial charge < -0.3 is 4.42 Å². The zero-order valence-electron chi connectivity index (χ0n) is 22.0. The summed E-state index contributed by atoms with van der Waals surface area (Å²) in [7, 11) is 0. The Morgan fingerprint density at radius 2 is 1.61 bits per heavy atom. The zero-order chi connectivity index (χ0) is 26.0. The van der Waals surface area contributed by atoms with Gasteiger partial charge in [-0.1, -0.05) is 70.2 Å². The topological polar surface area (TPSA) is 43.9 Å². The van der Waals surface area contributed by atoms with E-state index in [0.29, 0.717) is 5.92 Å². The Morgan fingerprint density at radius 1 is 0.816 bits per heavy atom. The molecule has 0 aliphatic rings. The first-order valence-corrected chi connectivity index (χ1v) is 14.0. The first kappa shape index (κ1) is 23.2. The summed E-state index contributed by atoms with van der Waals surface area (Å²) in [5.41, 5.74) is 6.04. The number of benzene rings is 4. The highest BCUT2D eigenvalue weighted by Crippen LogP contribution is 2.37. The fourth-order valence-corrected chi connectivity index (χ4v) is 6.65. The molecule has 0 spiro atoms. The molecule has 0 amide bonds. The normalized spacial score (nSPS) is 12.6. The standard InChI is InChI=1S/C33H29N3OS/c1-20(2)31-34-26-17-21(19-33(3,4)32-35-25-10-6-7-11-28(25)37-32)13-16-27(26)36(31)22-14-15-24-23-9-5-8-12-29(23)38-30(24)18-22/h5-18,20H,19H2,1-4H3. The minimum Gasteiger partial charge on any atom is -0.440 e. The number of rotatable bonds is 5. The number of aromatic nitrogens is 3. The Hall–Kier alpha value is -3.96. The minimum absolute atomic E-state index is 0.248. The molecule has 0 bridgehead atoms. The molecule has 4 aromatic carbocycles. The van der Waals surface area contributed by atoms with E-state index in [1.165, 1.54) is 25.7 Å². The van der Waals surface area contributed by atoms with Gasteiger partial charge in [-0.25, -0.2) is 9.97 Å². The van der Waals surface area contributed by atoms with Crippen LogP contribution in [0.15, 0.2) is 89.3 Å². The molecule has 0 N–H and O–H groups in total. The Balaban J connectivity index is 1.30. The van der Waals surface area contributed by atoms with Gasteiger partial charge in [-0.05, 0) is 54.4 Å². The Bertz CT molecular complexity index is 1940.